The Kier molecular flexibility index (Phi) is 6.68. The molecule has 14 heteroatoms. The SMILES string of the molecule is O=S(=O)(c1cc(C(F)(F)F)cc(C(F)(F)F)c1)N1CCN(c2ccc(-c3ccc(F)cc3)nn2)CC1. The van der Waals surface area contributed by atoms with E-state index in [4.69, 9.17) is 0 Å². The summed E-state index contributed by atoms with van der Waals surface area (Å²) in [6.07, 6.45) is -10.3. The molecule has 1 aliphatic rings. The molecule has 1 aliphatic heterocycles. The van der Waals surface area contributed by atoms with Gasteiger partial charge in [0.25, 0.3) is 0 Å². The highest BCUT2D eigenvalue weighted by Crippen LogP contribution is 2.38. The van der Waals surface area contributed by atoms with E-state index in [0.717, 1.165) is 4.31 Å². The van der Waals surface area contributed by atoms with E-state index in [0.29, 0.717) is 17.1 Å². The molecule has 0 spiro atoms. The van der Waals surface area contributed by atoms with E-state index in [1.807, 2.05) is 0 Å². The van der Waals surface area contributed by atoms with Crippen molar-refractivity contribution in [2.45, 2.75) is 17.2 Å². The molecule has 0 aliphatic carbocycles. The van der Waals surface area contributed by atoms with Gasteiger partial charge in [0.2, 0.25) is 10.0 Å². The van der Waals surface area contributed by atoms with Crippen molar-refractivity contribution in [3.63, 3.8) is 0 Å². The highest BCUT2D eigenvalue weighted by molar-refractivity contribution is 7.89. The summed E-state index contributed by atoms with van der Waals surface area (Å²) in [6.45, 7) is -0.230. The molecule has 4 rings (SSSR count). The second-order valence-electron chi connectivity index (χ2n) is 7.92. The van der Waals surface area contributed by atoms with Crippen LogP contribution in [0.15, 0.2) is 59.5 Å². The number of anilines is 1. The molecular weight excluding hydrogens is 517 g/mol. The van der Waals surface area contributed by atoms with E-state index in [9.17, 15) is 39.2 Å². The zero-order valence-electron chi connectivity index (χ0n) is 18.2. The summed E-state index contributed by atoms with van der Waals surface area (Å²) < 4.78 is 119. The van der Waals surface area contributed by atoms with Gasteiger partial charge in [-0.3, -0.25) is 0 Å². The van der Waals surface area contributed by atoms with Crippen LogP contribution in [0.3, 0.4) is 0 Å². The van der Waals surface area contributed by atoms with Gasteiger partial charge < -0.3 is 4.90 Å². The number of alkyl halides is 6. The Labute approximate surface area is 201 Å². The van der Waals surface area contributed by atoms with Crippen molar-refractivity contribution in [2.24, 2.45) is 0 Å². The maximum Gasteiger partial charge on any atom is 0.416 e. The van der Waals surface area contributed by atoms with Gasteiger partial charge >= 0.3 is 12.4 Å². The zero-order chi connectivity index (χ0) is 26.3. The van der Waals surface area contributed by atoms with Crippen LogP contribution in [0.1, 0.15) is 11.1 Å². The van der Waals surface area contributed by atoms with Crippen LogP contribution in [-0.4, -0.2) is 49.1 Å². The molecule has 3 aromatic rings. The third-order valence-corrected chi connectivity index (χ3v) is 7.43. The fourth-order valence-corrected chi connectivity index (χ4v) is 5.14. The molecular formula is C22H17F7N4O2S. The first kappa shape index (κ1) is 25.8. The van der Waals surface area contributed by atoms with Crippen molar-refractivity contribution in [3.05, 3.63) is 71.5 Å². The lowest BCUT2D eigenvalue weighted by atomic mass is 10.1. The van der Waals surface area contributed by atoms with Gasteiger partial charge in [0, 0.05) is 31.7 Å². The first-order valence-corrected chi connectivity index (χ1v) is 11.8. The standard InChI is InChI=1S/C22H17F7N4O2S/c23-17-3-1-14(2-4-17)19-5-6-20(31-30-19)32-7-9-33(10-8-32)36(34,35)18-12-15(21(24,25)26)11-16(13-18)22(27,28)29/h1-6,11-13H,7-10H2. The fraction of sp³-hybridized carbons (Fsp3) is 0.273. The molecule has 36 heavy (non-hydrogen) atoms. The van der Waals surface area contributed by atoms with Gasteiger partial charge in [-0.15, -0.1) is 10.2 Å². The van der Waals surface area contributed by atoms with Crippen LogP contribution in [0.4, 0.5) is 36.6 Å². The second-order valence-corrected chi connectivity index (χ2v) is 9.85. The van der Waals surface area contributed by atoms with Crippen LogP contribution in [0.5, 0.6) is 0 Å². The van der Waals surface area contributed by atoms with Gasteiger partial charge in [0.05, 0.1) is 21.7 Å². The molecule has 0 bridgehead atoms. The predicted octanol–water partition coefficient (Wildman–Crippen LogP) is 4.83. The number of sulfonamides is 1. The van der Waals surface area contributed by atoms with Crippen molar-refractivity contribution >= 4 is 15.8 Å². The van der Waals surface area contributed by atoms with E-state index >= 15 is 0 Å². The first-order valence-electron chi connectivity index (χ1n) is 10.4. The maximum atomic E-state index is 13.1. The van der Waals surface area contributed by atoms with Gasteiger partial charge in [0.15, 0.2) is 5.82 Å². The number of piperazine rings is 1. The minimum Gasteiger partial charge on any atom is -0.352 e. The topological polar surface area (TPSA) is 66.4 Å². The van der Waals surface area contributed by atoms with Crippen LogP contribution in [0.2, 0.25) is 0 Å². The molecule has 192 valence electrons. The van der Waals surface area contributed by atoms with Crippen LogP contribution in [0.25, 0.3) is 11.3 Å². The molecule has 1 fully saturated rings. The maximum absolute atomic E-state index is 13.1. The normalized spacial score (nSPS) is 15.8. The quantitative estimate of drug-likeness (QED) is 0.449. The van der Waals surface area contributed by atoms with Crippen molar-refractivity contribution in [1.82, 2.24) is 14.5 Å². The minimum absolute atomic E-state index is 0.0783. The van der Waals surface area contributed by atoms with Crippen LogP contribution < -0.4 is 4.90 Å². The number of rotatable bonds is 4. The third kappa shape index (κ3) is 5.43. The predicted molar refractivity (Wildman–Crippen MR) is 115 cm³/mol. The smallest absolute Gasteiger partial charge is 0.352 e. The van der Waals surface area contributed by atoms with E-state index in [1.54, 1.807) is 17.0 Å². The van der Waals surface area contributed by atoms with Crippen LogP contribution in [-0.2, 0) is 22.4 Å². The number of benzene rings is 2. The molecule has 1 aromatic heterocycles. The Balaban J connectivity index is 1.51. The second kappa shape index (κ2) is 9.32. The van der Waals surface area contributed by atoms with Gasteiger partial charge in [-0.2, -0.15) is 30.6 Å². The van der Waals surface area contributed by atoms with Gasteiger partial charge in [-0.05, 0) is 54.6 Å². The highest BCUT2D eigenvalue weighted by atomic mass is 32.2. The molecule has 0 unspecified atom stereocenters. The molecule has 0 saturated carbocycles. The fourth-order valence-electron chi connectivity index (χ4n) is 3.65. The summed E-state index contributed by atoms with van der Waals surface area (Å²) in [7, 11) is -4.64. The molecule has 0 atom stereocenters. The summed E-state index contributed by atoms with van der Waals surface area (Å²) in [5.74, 6) is -0.00717. The molecule has 0 amide bonds. The highest BCUT2D eigenvalue weighted by Gasteiger charge is 2.39. The van der Waals surface area contributed by atoms with Crippen molar-refractivity contribution in [1.29, 1.82) is 0 Å². The number of nitrogens with zero attached hydrogens (tertiary/aromatic N) is 4. The zero-order valence-corrected chi connectivity index (χ0v) is 19.0. The Morgan fingerprint density at radius 3 is 1.75 bits per heavy atom. The molecule has 2 heterocycles. The van der Waals surface area contributed by atoms with E-state index in [2.05, 4.69) is 10.2 Å². The summed E-state index contributed by atoms with van der Waals surface area (Å²) in [6, 6.07) is 9.15. The average molecular weight is 534 g/mol. The summed E-state index contributed by atoms with van der Waals surface area (Å²) in [5.41, 5.74) is -2.30. The number of hydrogen-bond acceptors (Lipinski definition) is 5. The minimum atomic E-state index is -5.16. The Hall–Kier alpha value is -3.26. The summed E-state index contributed by atoms with van der Waals surface area (Å²) >= 11 is 0. The molecule has 0 N–H and O–H groups in total. The van der Waals surface area contributed by atoms with E-state index < -0.39 is 44.2 Å². The van der Waals surface area contributed by atoms with E-state index in [1.165, 1.54) is 24.3 Å². The lowest BCUT2D eigenvalue weighted by Crippen LogP contribution is -2.49. The van der Waals surface area contributed by atoms with Crippen LogP contribution >= 0.6 is 0 Å². The lowest BCUT2D eigenvalue weighted by molar-refractivity contribution is -0.143. The molecule has 2 aromatic carbocycles. The summed E-state index contributed by atoms with van der Waals surface area (Å²) in [5, 5.41) is 8.16. The van der Waals surface area contributed by atoms with Gasteiger partial charge in [-0.1, -0.05) is 0 Å². The largest absolute Gasteiger partial charge is 0.416 e. The molecule has 0 radical (unpaired) electrons. The van der Waals surface area contributed by atoms with Crippen LogP contribution in [0, 0.1) is 5.82 Å². The molecule has 6 nitrogen and oxygen atoms in total. The van der Waals surface area contributed by atoms with Gasteiger partial charge in [-0.25, -0.2) is 12.8 Å². The molecule has 1 saturated heterocycles. The summed E-state index contributed by atoms with van der Waals surface area (Å²) in [4.78, 5) is 0.599. The monoisotopic (exact) mass is 534 g/mol. The van der Waals surface area contributed by atoms with Crippen molar-refractivity contribution in [3.8, 4) is 11.3 Å². The Morgan fingerprint density at radius 1 is 0.722 bits per heavy atom. The average Bonchev–Trinajstić information content (AvgIpc) is 2.83. The number of halogens is 7. The number of hydrogen-bond donors (Lipinski definition) is 0. The lowest BCUT2D eigenvalue weighted by Gasteiger charge is -2.34. The Bertz CT molecular complexity index is 1300. The van der Waals surface area contributed by atoms with Gasteiger partial charge in [0.1, 0.15) is 5.82 Å². The third-order valence-electron chi connectivity index (χ3n) is 5.55. The van der Waals surface area contributed by atoms with Crippen molar-refractivity contribution < 1.29 is 39.2 Å². The Morgan fingerprint density at radius 2 is 1.28 bits per heavy atom. The first-order chi connectivity index (χ1) is 16.7. The van der Waals surface area contributed by atoms with Crippen molar-refractivity contribution in [2.75, 3.05) is 31.1 Å². The van der Waals surface area contributed by atoms with E-state index in [-0.39, 0.29) is 44.4 Å². The number of aromatic nitrogens is 2.